The van der Waals surface area contributed by atoms with Gasteiger partial charge in [-0.25, -0.2) is 15.0 Å². The third-order valence-corrected chi connectivity index (χ3v) is 9.15. The minimum atomic E-state index is -0.236. The van der Waals surface area contributed by atoms with Crippen LogP contribution in [0.3, 0.4) is 0 Å². The molecular weight excluding hydrogens is 536 g/mol. The molecule has 0 radical (unpaired) electrons. The molecule has 1 amide bonds. The van der Waals surface area contributed by atoms with Gasteiger partial charge in [-0.05, 0) is 86.2 Å². The first kappa shape index (κ1) is 27.1. The van der Waals surface area contributed by atoms with E-state index >= 15 is 0 Å². The van der Waals surface area contributed by atoms with Gasteiger partial charge in [-0.1, -0.05) is 24.3 Å². The Morgan fingerprint density at radius 2 is 1.74 bits per heavy atom. The molecule has 43 heavy (non-hydrogen) atoms. The molecule has 0 bridgehead atoms. The van der Waals surface area contributed by atoms with Crippen molar-refractivity contribution in [2.24, 2.45) is 11.7 Å². The van der Waals surface area contributed by atoms with Crippen molar-refractivity contribution in [2.45, 2.75) is 37.6 Å². The molecule has 2 aliphatic rings. The quantitative estimate of drug-likeness (QED) is 0.260. The minimum absolute atomic E-state index is 0.0787. The summed E-state index contributed by atoms with van der Waals surface area (Å²) in [6.45, 7) is 1.69. The summed E-state index contributed by atoms with van der Waals surface area (Å²) in [5.41, 5.74) is 20.1. The van der Waals surface area contributed by atoms with Gasteiger partial charge in [-0.3, -0.25) is 9.36 Å². The van der Waals surface area contributed by atoms with Crippen LogP contribution in [0.5, 0.6) is 0 Å². The molecule has 9 heteroatoms. The summed E-state index contributed by atoms with van der Waals surface area (Å²) < 4.78 is 2.06. The van der Waals surface area contributed by atoms with Gasteiger partial charge >= 0.3 is 0 Å². The maximum absolute atomic E-state index is 12.1. The zero-order valence-corrected chi connectivity index (χ0v) is 24.3. The monoisotopic (exact) mass is 572 g/mol. The van der Waals surface area contributed by atoms with Crippen LogP contribution in [-0.4, -0.2) is 45.6 Å². The molecule has 5 aromatic rings. The molecule has 5 N–H and O–H groups in total. The van der Waals surface area contributed by atoms with Crippen LogP contribution >= 0.6 is 0 Å². The highest BCUT2D eigenvalue weighted by atomic mass is 16.1. The van der Waals surface area contributed by atoms with E-state index in [0.29, 0.717) is 11.6 Å². The normalized spacial score (nSPS) is 16.7. The number of carbonyl (C=O) groups is 1. The van der Waals surface area contributed by atoms with E-state index in [9.17, 15) is 4.79 Å². The number of nitrogens with one attached hydrogen (secondary N) is 1. The van der Waals surface area contributed by atoms with Gasteiger partial charge < -0.3 is 21.7 Å². The fraction of sp³-hybridized carbons (Fsp3) is 0.294. The number of nitrogens with zero attached hydrogens (tertiary/aromatic N) is 5. The summed E-state index contributed by atoms with van der Waals surface area (Å²) in [5, 5.41) is 2.79. The highest BCUT2D eigenvalue weighted by Crippen LogP contribution is 2.39. The van der Waals surface area contributed by atoms with Crippen molar-refractivity contribution >= 4 is 28.6 Å². The van der Waals surface area contributed by atoms with E-state index in [2.05, 4.69) is 68.3 Å². The van der Waals surface area contributed by atoms with Gasteiger partial charge in [0.15, 0.2) is 11.5 Å². The molecule has 0 atom stereocenters. The molecular formula is C34H36N8O. The summed E-state index contributed by atoms with van der Waals surface area (Å²) in [4.78, 5) is 28.9. The second-order valence-corrected chi connectivity index (χ2v) is 11.7. The van der Waals surface area contributed by atoms with Gasteiger partial charge in [-0.2, -0.15) is 0 Å². The Balaban J connectivity index is 1.28. The van der Waals surface area contributed by atoms with E-state index in [0.717, 1.165) is 90.1 Å². The number of amides is 1. The Hall–Kier alpha value is -4.76. The van der Waals surface area contributed by atoms with E-state index < -0.39 is 0 Å². The van der Waals surface area contributed by atoms with Gasteiger partial charge in [0.2, 0.25) is 5.91 Å². The summed E-state index contributed by atoms with van der Waals surface area (Å²) in [6.07, 6.45) is 6.55. The van der Waals surface area contributed by atoms with Crippen LogP contribution in [0.1, 0.15) is 37.7 Å². The van der Waals surface area contributed by atoms with Crippen LogP contribution in [0.25, 0.3) is 39.5 Å². The van der Waals surface area contributed by atoms with Crippen molar-refractivity contribution in [2.75, 3.05) is 30.8 Å². The van der Waals surface area contributed by atoms with Gasteiger partial charge in [0.25, 0.3) is 0 Å². The number of anilines is 2. The van der Waals surface area contributed by atoms with Crippen molar-refractivity contribution in [3.8, 4) is 28.3 Å². The van der Waals surface area contributed by atoms with Crippen molar-refractivity contribution in [1.82, 2.24) is 24.8 Å². The second-order valence-electron chi connectivity index (χ2n) is 11.7. The van der Waals surface area contributed by atoms with Crippen molar-refractivity contribution in [3.05, 3.63) is 84.6 Å². The fourth-order valence-corrected chi connectivity index (χ4v) is 6.40. The van der Waals surface area contributed by atoms with Gasteiger partial charge in [0, 0.05) is 54.7 Å². The van der Waals surface area contributed by atoms with Gasteiger partial charge in [0.1, 0.15) is 11.3 Å². The standard InChI is InChI=1S/C34H36N8O/c1-37-33(43)22-14-19-41(20-15-22)26-6-2-5-23(21-26)28-12-13-29-32(39-28)42(31(40-29)27-7-3-18-38-30(27)35)25-10-8-24(9-11-25)34(36)16-4-17-34/h2-3,5-13,18,21-22H,4,14-17,19-20,36H2,1H3,(H2,35,38)(H,37,43). The average molecular weight is 573 g/mol. The number of nitrogen functional groups attached to an aromatic ring is 1. The number of rotatable bonds is 6. The van der Waals surface area contributed by atoms with E-state index in [1.165, 1.54) is 0 Å². The van der Waals surface area contributed by atoms with Crippen LogP contribution in [0.2, 0.25) is 0 Å². The Bertz CT molecular complexity index is 1800. The predicted molar refractivity (Wildman–Crippen MR) is 171 cm³/mol. The zero-order valence-electron chi connectivity index (χ0n) is 24.3. The molecule has 218 valence electrons. The lowest BCUT2D eigenvalue weighted by Crippen LogP contribution is -2.43. The summed E-state index contributed by atoms with van der Waals surface area (Å²) in [6, 6.07) is 24.7. The van der Waals surface area contributed by atoms with Gasteiger partial charge in [-0.15, -0.1) is 0 Å². The molecule has 3 aromatic heterocycles. The summed E-state index contributed by atoms with van der Waals surface area (Å²) >= 11 is 0. The Morgan fingerprint density at radius 1 is 0.953 bits per heavy atom. The van der Waals surface area contributed by atoms with E-state index in [-0.39, 0.29) is 17.4 Å². The van der Waals surface area contributed by atoms with Crippen LogP contribution < -0.4 is 21.7 Å². The number of carbonyl (C=O) groups excluding carboxylic acids is 1. The maximum atomic E-state index is 12.1. The number of pyridine rings is 2. The van der Waals surface area contributed by atoms with Crippen LogP contribution in [0.15, 0.2) is 79.0 Å². The number of aromatic nitrogens is 4. The molecule has 1 aliphatic heterocycles. The molecule has 9 nitrogen and oxygen atoms in total. The number of fused-ring (bicyclic) bond motifs is 1. The second kappa shape index (κ2) is 10.8. The fourth-order valence-electron chi connectivity index (χ4n) is 6.40. The zero-order chi connectivity index (χ0) is 29.6. The highest BCUT2D eigenvalue weighted by Gasteiger charge is 2.34. The third-order valence-electron chi connectivity index (χ3n) is 9.15. The Labute approximate surface area is 251 Å². The van der Waals surface area contributed by atoms with E-state index in [4.69, 9.17) is 21.4 Å². The number of imidazole rings is 1. The van der Waals surface area contributed by atoms with Crippen molar-refractivity contribution < 1.29 is 4.79 Å². The van der Waals surface area contributed by atoms with Gasteiger partial charge in [0.05, 0.1) is 11.3 Å². The Morgan fingerprint density at radius 3 is 2.44 bits per heavy atom. The topological polar surface area (TPSA) is 128 Å². The van der Waals surface area contributed by atoms with Crippen LogP contribution in [0.4, 0.5) is 11.5 Å². The number of nitrogens with two attached hydrogens (primary N) is 2. The highest BCUT2D eigenvalue weighted by molar-refractivity contribution is 5.85. The minimum Gasteiger partial charge on any atom is -0.383 e. The lowest BCUT2D eigenvalue weighted by molar-refractivity contribution is -0.125. The summed E-state index contributed by atoms with van der Waals surface area (Å²) in [7, 11) is 1.71. The number of hydrogen-bond acceptors (Lipinski definition) is 7. The maximum Gasteiger partial charge on any atom is 0.222 e. The largest absolute Gasteiger partial charge is 0.383 e. The lowest BCUT2D eigenvalue weighted by Gasteiger charge is -2.38. The Kier molecular flexibility index (Phi) is 6.82. The molecule has 2 fully saturated rings. The van der Waals surface area contributed by atoms with Crippen molar-refractivity contribution in [3.63, 3.8) is 0 Å². The number of piperidine rings is 1. The molecule has 1 aliphatic carbocycles. The molecule has 1 saturated carbocycles. The van der Waals surface area contributed by atoms with Crippen molar-refractivity contribution in [1.29, 1.82) is 0 Å². The molecule has 0 spiro atoms. The first-order valence-electron chi connectivity index (χ1n) is 15.0. The smallest absolute Gasteiger partial charge is 0.222 e. The molecule has 1 saturated heterocycles. The number of benzene rings is 2. The van der Waals surface area contributed by atoms with E-state index in [1.807, 2.05) is 24.3 Å². The molecule has 4 heterocycles. The first-order chi connectivity index (χ1) is 20.9. The van der Waals surface area contributed by atoms with Crippen LogP contribution in [-0.2, 0) is 10.3 Å². The number of hydrogen-bond donors (Lipinski definition) is 3. The predicted octanol–water partition coefficient (Wildman–Crippen LogP) is 5.03. The molecule has 0 unspecified atom stereocenters. The SMILES string of the molecule is CNC(=O)C1CCN(c2cccc(-c3ccc4nc(-c5cccnc5N)n(-c5ccc(C6(N)CCC6)cc5)c4n3)c2)CC1. The summed E-state index contributed by atoms with van der Waals surface area (Å²) in [5.74, 6) is 1.32. The molecule has 7 rings (SSSR count). The lowest BCUT2D eigenvalue weighted by atomic mass is 9.73. The first-order valence-corrected chi connectivity index (χ1v) is 15.0. The van der Waals surface area contributed by atoms with E-state index in [1.54, 1.807) is 13.2 Å². The van der Waals surface area contributed by atoms with Crippen LogP contribution in [0, 0.1) is 5.92 Å². The third kappa shape index (κ3) is 4.89. The average Bonchev–Trinajstić information content (AvgIpc) is 3.42. The molecule has 2 aromatic carbocycles.